The quantitative estimate of drug-likeness (QED) is 0.272. The summed E-state index contributed by atoms with van der Waals surface area (Å²) in [6.07, 6.45) is 0.0257. The number of phenols is 1. The number of hydrogen-bond donors (Lipinski definition) is 4. The fourth-order valence-corrected chi connectivity index (χ4v) is 5.50. The van der Waals surface area contributed by atoms with Crippen LogP contribution in [0.15, 0.2) is 72.8 Å². The van der Waals surface area contributed by atoms with Crippen LogP contribution >= 0.6 is 0 Å². The Morgan fingerprint density at radius 2 is 1.77 bits per heavy atom. The van der Waals surface area contributed by atoms with Gasteiger partial charge >= 0.3 is 5.97 Å². The highest BCUT2D eigenvalue weighted by Crippen LogP contribution is 2.43. The highest BCUT2D eigenvalue weighted by molar-refractivity contribution is 5.92. The van der Waals surface area contributed by atoms with Gasteiger partial charge in [-0.25, -0.2) is 4.79 Å². The molecule has 39 heavy (non-hydrogen) atoms. The van der Waals surface area contributed by atoms with Gasteiger partial charge in [-0.3, -0.25) is 4.79 Å². The molecule has 7 nitrogen and oxygen atoms in total. The number of hydrogen-bond acceptors (Lipinski definition) is 6. The predicted octanol–water partition coefficient (Wildman–Crippen LogP) is 4.45. The predicted molar refractivity (Wildman–Crippen MR) is 148 cm³/mol. The standard InChI is InChI=1S/C32H37NO6/c1-3-39-32(38)26-19-23(34)13-14-25(26)31(30-24-12-8-7-11-22(24)18-28(30)36)33-29(37)16-15-27(35)20(2)17-21-9-5-4-6-10-21/h4-14,19-20,27-28,30-31,34-36H,3,15-18H2,1-2H3,(H,33,37)/t20-,27+,28-,30-,31?/m1/s1. The third-order valence-corrected chi connectivity index (χ3v) is 7.53. The van der Waals surface area contributed by atoms with Crippen molar-refractivity contribution in [2.24, 2.45) is 5.92 Å². The molecule has 7 heteroatoms. The van der Waals surface area contributed by atoms with Crippen molar-refractivity contribution in [3.63, 3.8) is 0 Å². The molecular formula is C32H37NO6. The number of rotatable bonds is 11. The zero-order valence-electron chi connectivity index (χ0n) is 22.4. The molecule has 4 rings (SSSR count). The van der Waals surface area contributed by atoms with Gasteiger partial charge in [0, 0.05) is 12.3 Å². The molecule has 0 aromatic heterocycles. The molecule has 0 aliphatic heterocycles. The average Bonchev–Trinajstić information content (AvgIpc) is 3.26. The zero-order chi connectivity index (χ0) is 27.9. The van der Waals surface area contributed by atoms with Gasteiger partial charge in [0.05, 0.1) is 30.4 Å². The van der Waals surface area contributed by atoms with Crippen molar-refractivity contribution < 1.29 is 29.6 Å². The van der Waals surface area contributed by atoms with E-state index in [2.05, 4.69) is 5.32 Å². The molecule has 0 spiro atoms. The maximum absolute atomic E-state index is 13.3. The van der Waals surface area contributed by atoms with Crippen LogP contribution in [0.5, 0.6) is 5.75 Å². The van der Waals surface area contributed by atoms with Gasteiger partial charge in [0.1, 0.15) is 5.75 Å². The summed E-state index contributed by atoms with van der Waals surface area (Å²) in [5.74, 6) is -1.56. The van der Waals surface area contributed by atoms with Crippen molar-refractivity contribution >= 4 is 11.9 Å². The van der Waals surface area contributed by atoms with Crippen LogP contribution in [-0.2, 0) is 22.4 Å². The summed E-state index contributed by atoms with van der Waals surface area (Å²) in [5, 5.41) is 35.0. The second-order valence-electron chi connectivity index (χ2n) is 10.3. The number of benzene rings is 3. The molecule has 206 valence electrons. The van der Waals surface area contributed by atoms with Crippen molar-refractivity contribution in [1.82, 2.24) is 5.32 Å². The molecule has 1 aliphatic rings. The number of fused-ring (bicyclic) bond motifs is 1. The van der Waals surface area contributed by atoms with Crippen LogP contribution in [0.4, 0.5) is 0 Å². The molecule has 0 fully saturated rings. The van der Waals surface area contributed by atoms with Crippen LogP contribution < -0.4 is 5.32 Å². The van der Waals surface area contributed by atoms with Crippen molar-refractivity contribution in [3.05, 3.63) is 101 Å². The van der Waals surface area contributed by atoms with Gasteiger partial charge in [-0.1, -0.05) is 67.6 Å². The van der Waals surface area contributed by atoms with Gasteiger partial charge in [0.2, 0.25) is 5.91 Å². The van der Waals surface area contributed by atoms with E-state index >= 15 is 0 Å². The Labute approximate surface area is 229 Å². The first-order valence-corrected chi connectivity index (χ1v) is 13.6. The fraction of sp³-hybridized carbons (Fsp3) is 0.375. The minimum atomic E-state index is -0.784. The van der Waals surface area contributed by atoms with E-state index in [1.165, 1.54) is 12.1 Å². The second kappa shape index (κ2) is 12.9. The van der Waals surface area contributed by atoms with E-state index in [1.54, 1.807) is 13.0 Å². The molecule has 1 amide bonds. The van der Waals surface area contributed by atoms with Crippen LogP contribution in [0.1, 0.15) is 71.3 Å². The Morgan fingerprint density at radius 1 is 1.05 bits per heavy atom. The molecule has 0 heterocycles. The monoisotopic (exact) mass is 531 g/mol. The molecule has 0 radical (unpaired) electrons. The molecular weight excluding hydrogens is 494 g/mol. The summed E-state index contributed by atoms with van der Waals surface area (Å²) in [6.45, 7) is 3.81. The largest absolute Gasteiger partial charge is 0.508 e. The third kappa shape index (κ3) is 6.85. The summed E-state index contributed by atoms with van der Waals surface area (Å²) in [6, 6.07) is 21.2. The molecule has 3 aromatic carbocycles. The van der Waals surface area contributed by atoms with Gasteiger partial charge in [-0.2, -0.15) is 0 Å². The normalized spacial score (nSPS) is 18.6. The number of amides is 1. The topological polar surface area (TPSA) is 116 Å². The lowest BCUT2D eigenvalue weighted by atomic mass is 9.84. The minimum Gasteiger partial charge on any atom is -0.508 e. The first-order valence-electron chi connectivity index (χ1n) is 13.6. The van der Waals surface area contributed by atoms with Gasteiger partial charge in [0.15, 0.2) is 0 Å². The minimum absolute atomic E-state index is 0.0351. The van der Waals surface area contributed by atoms with Crippen LogP contribution in [0, 0.1) is 5.92 Å². The molecule has 4 N–H and O–H groups in total. The number of carbonyl (C=O) groups excluding carboxylic acids is 2. The Kier molecular flexibility index (Phi) is 9.38. The van der Waals surface area contributed by atoms with E-state index in [-0.39, 0.29) is 42.6 Å². The van der Waals surface area contributed by atoms with Gasteiger partial charge < -0.3 is 25.4 Å². The molecule has 3 aromatic rings. The van der Waals surface area contributed by atoms with Crippen LogP contribution in [-0.4, -0.2) is 46.0 Å². The number of aromatic hydroxyl groups is 1. The SMILES string of the molecule is CCOC(=O)c1cc(O)ccc1C(NC(=O)CC[C@H](O)[C@H](C)Cc1ccccc1)[C@@H]1c2ccccc2C[C@H]1O. The Morgan fingerprint density at radius 3 is 2.51 bits per heavy atom. The Balaban J connectivity index is 1.56. The highest BCUT2D eigenvalue weighted by atomic mass is 16.5. The van der Waals surface area contributed by atoms with E-state index in [9.17, 15) is 24.9 Å². The number of carbonyl (C=O) groups is 2. The lowest BCUT2D eigenvalue weighted by Gasteiger charge is -2.30. The first kappa shape index (κ1) is 28.3. The van der Waals surface area contributed by atoms with Crippen molar-refractivity contribution in [3.8, 4) is 5.75 Å². The molecule has 0 saturated carbocycles. The van der Waals surface area contributed by atoms with E-state index in [4.69, 9.17) is 4.74 Å². The Bertz CT molecular complexity index is 1280. The van der Waals surface area contributed by atoms with E-state index in [0.717, 1.165) is 16.7 Å². The van der Waals surface area contributed by atoms with Gasteiger partial charge in [-0.15, -0.1) is 0 Å². The van der Waals surface area contributed by atoms with Crippen molar-refractivity contribution in [2.75, 3.05) is 6.61 Å². The first-order chi connectivity index (χ1) is 18.8. The van der Waals surface area contributed by atoms with Crippen LogP contribution in [0.25, 0.3) is 0 Å². The van der Waals surface area contributed by atoms with E-state index in [1.807, 2.05) is 61.5 Å². The summed E-state index contributed by atoms with van der Waals surface area (Å²) in [7, 11) is 0. The van der Waals surface area contributed by atoms with Crippen molar-refractivity contribution in [2.45, 2.75) is 63.7 Å². The zero-order valence-corrected chi connectivity index (χ0v) is 22.4. The lowest BCUT2D eigenvalue weighted by molar-refractivity contribution is -0.123. The van der Waals surface area contributed by atoms with Gasteiger partial charge in [-0.05, 0) is 66.5 Å². The molecule has 0 saturated heterocycles. The van der Waals surface area contributed by atoms with Gasteiger partial charge in [0.25, 0.3) is 0 Å². The summed E-state index contributed by atoms with van der Waals surface area (Å²) in [5.41, 5.74) is 3.60. The average molecular weight is 532 g/mol. The Hall–Kier alpha value is -3.68. The molecule has 1 aliphatic carbocycles. The van der Waals surface area contributed by atoms with Crippen molar-refractivity contribution in [1.29, 1.82) is 0 Å². The number of ether oxygens (including phenoxy) is 1. The van der Waals surface area contributed by atoms with Crippen LogP contribution in [0.2, 0.25) is 0 Å². The summed E-state index contributed by atoms with van der Waals surface area (Å²) >= 11 is 0. The van der Waals surface area contributed by atoms with E-state index < -0.39 is 30.1 Å². The number of phenolic OH excluding ortho intramolecular Hbond substituents is 1. The fourth-order valence-electron chi connectivity index (χ4n) is 5.50. The number of nitrogens with one attached hydrogen (secondary N) is 1. The highest BCUT2D eigenvalue weighted by Gasteiger charge is 2.40. The van der Waals surface area contributed by atoms with Crippen LogP contribution in [0.3, 0.4) is 0 Å². The smallest absolute Gasteiger partial charge is 0.338 e. The maximum Gasteiger partial charge on any atom is 0.338 e. The molecule has 5 atom stereocenters. The van der Waals surface area contributed by atoms with E-state index in [0.29, 0.717) is 18.4 Å². The maximum atomic E-state index is 13.3. The lowest BCUT2D eigenvalue weighted by Crippen LogP contribution is -2.37. The number of esters is 1. The summed E-state index contributed by atoms with van der Waals surface area (Å²) in [4.78, 5) is 26.1. The second-order valence-corrected chi connectivity index (χ2v) is 10.3. The molecule has 1 unspecified atom stereocenters. The molecule has 0 bridgehead atoms. The third-order valence-electron chi connectivity index (χ3n) is 7.53. The number of aliphatic hydroxyl groups excluding tert-OH is 2. The summed E-state index contributed by atoms with van der Waals surface area (Å²) < 4.78 is 5.23. The number of aliphatic hydroxyl groups is 2.